The van der Waals surface area contributed by atoms with Crippen LogP contribution in [0.15, 0.2) is 82.8 Å². The average Bonchev–Trinajstić information content (AvgIpc) is 2.78. The lowest BCUT2D eigenvalue weighted by molar-refractivity contribution is -0.385. The molecule has 0 radical (unpaired) electrons. The molecule has 33 heavy (non-hydrogen) atoms. The quantitative estimate of drug-likeness (QED) is 0.294. The van der Waals surface area contributed by atoms with Gasteiger partial charge in [0.1, 0.15) is 6.54 Å². The number of nitro groups is 1. The summed E-state index contributed by atoms with van der Waals surface area (Å²) in [7, 11) is -4.09. The van der Waals surface area contributed by atoms with Gasteiger partial charge in [-0.05, 0) is 48.9 Å². The molecule has 0 bridgehead atoms. The van der Waals surface area contributed by atoms with Crippen molar-refractivity contribution in [3.05, 3.63) is 99.1 Å². The van der Waals surface area contributed by atoms with E-state index in [1.165, 1.54) is 42.5 Å². The van der Waals surface area contributed by atoms with Crippen LogP contribution in [-0.4, -0.2) is 32.0 Å². The number of nitrogens with zero attached hydrogens (tertiary/aromatic N) is 3. The summed E-state index contributed by atoms with van der Waals surface area (Å²) in [6, 6.07) is 18.2. The summed E-state index contributed by atoms with van der Waals surface area (Å²) in [4.78, 5) is 23.1. The first kappa shape index (κ1) is 23.9. The fraction of sp³-hybridized carbons (Fsp3) is 0.0909. The van der Waals surface area contributed by atoms with E-state index in [4.69, 9.17) is 11.6 Å². The van der Waals surface area contributed by atoms with Crippen LogP contribution in [0.25, 0.3) is 0 Å². The molecule has 0 aliphatic heterocycles. The summed E-state index contributed by atoms with van der Waals surface area (Å²) < 4.78 is 27.6. The van der Waals surface area contributed by atoms with Crippen molar-refractivity contribution < 1.29 is 18.1 Å². The molecule has 0 aliphatic carbocycles. The molecule has 11 heteroatoms. The number of hydrazone groups is 1. The van der Waals surface area contributed by atoms with Gasteiger partial charge >= 0.3 is 0 Å². The fourth-order valence-corrected chi connectivity index (χ4v) is 4.75. The van der Waals surface area contributed by atoms with E-state index in [0.29, 0.717) is 10.6 Å². The number of halogens is 1. The van der Waals surface area contributed by atoms with Crippen LogP contribution in [0.5, 0.6) is 0 Å². The third kappa shape index (κ3) is 5.73. The summed E-state index contributed by atoms with van der Waals surface area (Å²) >= 11 is 6.01. The molecule has 0 fully saturated rings. The molecule has 0 heterocycles. The molecule has 3 rings (SSSR count). The van der Waals surface area contributed by atoms with Gasteiger partial charge in [-0.2, -0.15) is 5.10 Å². The zero-order valence-corrected chi connectivity index (χ0v) is 19.0. The van der Waals surface area contributed by atoms with Crippen molar-refractivity contribution in [1.29, 1.82) is 0 Å². The molecule has 3 aromatic rings. The molecule has 0 unspecified atom stereocenters. The summed E-state index contributed by atoms with van der Waals surface area (Å²) in [5.74, 6) is -0.737. The molecule has 0 aromatic heterocycles. The Hall–Kier alpha value is -3.76. The van der Waals surface area contributed by atoms with Gasteiger partial charge in [0.15, 0.2) is 0 Å². The summed E-state index contributed by atoms with van der Waals surface area (Å²) in [6.07, 6.45) is 1.12. The Balaban J connectivity index is 1.88. The highest BCUT2D eigenvalue weighted by atomic mass is 35.5. The van der Waals surface area contributed by atoms with E-state index in [1.54, 1.807) is 37.3 Å². The van der Waals surface area contributed by atoms with Crippen LogP contribution in [0.4, 0.5) is 11.4 Å². The minimum absolute atomic E-state index is 0.00978. The lowest BCUT2D eigenvalue weighted by atomic mass is 10.2. The first-order chi connectivity index (χ1) is 15.7. The van der Waals surface area contributed by atoms with E-state index in [9.17, 15) is 23.3 Å². The molecule has 0 saturated heterocycles. The van der Waals surface area contributed by atoms with E-state index in [0.717, 1.165) is 10.5 Å². The smallest absolute Gasteiger partial charge is 0.271 e. The van der Waals surface area contributed by atoms with Gasteiger partial charge in [-0.1, -0.05) is 41.9 Å². The van der Waals surface area contributed by atoms with E-state index in [-0.39, 0.29) is 21.8 Å². The van der Waals surface area contributed by atoms with Gasteiger partial charge in [0.25, 0.3) is 21.6 Å². The number of anilines is 1. The fourth-order valence-electron chi connectivity index (χ4n) is 3.02. The number of hydrogen-bond donors (Lipinski definition) is 1. The van der Waals surface area contributed by atoms with Crippen LogP contribution < -0.4 is 9.73 Å². The number of carbonyl (C=O) groups is 1. The first-order valence-corrected chi connectivity index (χ1v) is 11.4. The van der Waals surface area contributed by atoms with Gasteiger partial charge in [0, 0.05) is 11.1 Å². The Morgan fingerprint density at radius 1 is 1.12 bits per heavy atom. The van der Waals surface area contributed by atoms with Crippen LogP contribution in [0.2, 0.25) is 5.02 Å². The topological polar surface area (TPSA) is 122 Å². The van der Waals surface area contributed by atoms with Crippen LogP contribution in [0.3, 0.4) is 0 Å². The summed E-state index contributed by atoms with van der Waals surface area (Å²) in [6.45, 7) is 1.10. The maximum absolute atomic E-state index is 13.3. The number of benzene rings is 3. The maximum atomic E-state index is 13.3. The molecule has 3 aromatic carbocycles. The van der Waals surface area contributed by atoms with Crippen LogP contribution in [0, 0.1) is 17.0 Å². The van der Waals surface area contributed by atoms with Gasteiger partial charge in [-0.25, -0.2) is 13.8 Å². The van der Waals surface area contributed by atoms with E-state index in [1.807, 2.05) is 0 Å². The van der Waals surface area contributed by atoms with Gasteiger partial charge in [0.05, 0.1) is 27.3 Å². The molecule has 0 atom stereocenters. The predicted molar refractivity (Wildman–Crippen MR) is 126 cm³/mol. The number of rotatable bonds is 8. The minimum atomic E-state index is -4.09. The number of carbonyl (C=O) groups excluding carboxylic acids is 1. The highest BCUT2D eigenvalue weighted by molar-refractivity contribution is 7.92. The Bertz CT molecular complexity index is 1310. The monoisotopic (exact) mass is 486 g/mol. The molecule has 0 aliphatic rings. The summed E-state index contributed by atoms with van der Waals surface area (Å²) in [5.41, 5.74) is 3.07. The molecular weight excluding hydrogens is 468 g/mol. The second kappa shape index (κ2) is 10.2. The van der Waals surface area contributed by atoms with Gasteiger partial charge in [-0.3, -0.25) is 19.2 Å². The van der Waals surface area contributed by atoms with Crippen molar-refractivity contribution in [3.8, 4) is 0 Å². The molecular formula is C22H19ClN4O5S. The molecule has 1 N–H and O–H groups in total. The molecule has 170 valence electrons. The van der Waals surface area contributed by atoms with Crippen molar-refractivity contribution in [1.82, 2.24) is 5.43 Å². The lowest BCUT2D eigenvalue weighted by Gasteiger charge is -2.25. The molecule has 0 saturated carbocycles. The van der Waals surface area contributed by atoms with Gasteiger partial charge in [0.2, 0.25) is 0 Å². The normalized spacial score (nSPS) is 11.3. The first-order valence-electron chi connectivity index (χ1n) is 9.59. The molecule has 0 spiro atoms. The second-order valence-corrected chi connectivity index (χ2v) is 9.16. The van der Waals surface area contributed by atoms with Crippen molar-refractivity contribution in [3.63, 3.8) is 0 Å². The third-order valence-electron chi connectivity index (χ3n) is 4.57. The van der Waals surface area contributed by atoms with Gasteiger partial charge < -0.3 is 0 Å². The van der Waals surface area contributed by atoms with Crippen LogP contribution in [-0.2, 0) is 14.8 Å². The zero-order chi connectivity index (χ0) is 24.0. The van der Waals surface area contributed by atoms with Crippen LogP contribution in [0.1, 0.15) is 11.1 Å². The lowest BCUT2D eigenvalue weighted by Crippen LogP contribution is -2.40. The standard InChI is InChI=1S/C22H19ClN4O5S/c1-16-13-18(23)11-12-20(16)26(33(31,32)19-8-3-2-4-9-19)15-22(28)25-24-14-17-7-5-6-10-21(17)27(29)30/h2-14H,15H2,1H3,(H,25,28)/b24-14-. The van der Waals surface area contributed by atoms with Crippen molar-refractivity contribution in [2.45, 2.75) is 11.8 Å². The molecule has 9 nitrogen and oxygen atoms in total. The number of hydrogen-bond acceptors (Lipinski definition) is 6. The Kier molecular flexibility index (Phi) is 7.41. The summed E-state index contributed by atoms with van der Waals surface area (Å²) in [5, 5.41) is 15.3. The average molecular weight is 487 g/mol. The van der Waals surface area contributed by atoms with E-state index in [2.05, 4.69) is 10.5 Å². The Labute approximate surface area is 195 Å². The third-order valence-corrected chi connectivity index (χ3v) is 6.58. The Morgan fingerprint density at radius 3 is 2.45 bits per heavy atom. The number of amides is 1. The largest absolute Gasteiger partial charge is 0.278 e. The van der Waals surface area contributed by atoms with Crippen molar-refractivity contribution in [2.75, 3.05) is 10.8 Å². The number of sulfonamides is 1. The number of aryl methyl sites for hydroxylation is 1. The Morgan fingerprint density at radius 2 is 1.79 bits per heavy atom. The maximum Gasteiger partial charge on any atom is 0.278 e. The van der Waals surface area contributed by atoms with Crippen molar-refractivity contribution >= 4 is 45.1 Å². The minimum Gasteiger partial charge on any atom is -0.271 e. The predicted octanol–water partition coefficient (Wildman–Crippen LogP) is 3.90. The number of para-hydroxylation sites is 1. The van der Waals surface area contributed by atoms with E-state index < -0.39 is 27.4 Å². The van der Waals surface area contributed by atoms with Crippen molar-refractivity contribution in [2.24, 2.45) is 5.10 Å². The second-order valence-electron chi connectivity index (χ2n) is 6.86. The SMILES string of the molecule is Cc1cc(Cl)ccc1N(CC(=O)N/N=C\c1ccccc1[N+](=O)[O-])S(=O)(=O)c1ccccc1. The number of nitrogens with one attached hydrogen (secondary N) is 1. The van der Waals surface area contributed by atoms with Gasteiger partial charge in [-0.15, -0.1) is 0 Å². The molecule has 1 amide bonds. The number of nitro benzene ring substituents is 1. The highest BCUT2D eigenvalue weighted by Gasteiger charge is 2.28. The van der Waals surface area contributed by atoms with E-state index >= 15 is 0 Å². The van der Waals surface area contributed by atoms with Crippen LogP contribution >= 0.6 is 11.6 Å². The zero-order valence-electron chi connectivity index (χ0n) is 17.4. The highest BCUT2D eigenvalue weighted by Crippen LogP contribution is 2.28.